The molecule has 14 heteroatoms. The first-order valence-electron chi connectivity index (χ1n) is 13.0. The minimum atomic E-state index is -4.65. The van der Waals surface area contributed by atoms with Crippen molar-refractivity contribution in [2.24, 2.45) is 5.84 Å². The lowest BCUT2D eigenvalue weighted by atomic mass is 9.99. The molecule has 4 N–H and O–H groups in total. The third kappa shape index (κ3) is 7.75. The van der Waals surface area contributed by atoms with Crippen LogP contribution in [0.3, 0.4) is 0 Å². The van der Waals surface area contributed by atoms with Crippen LogP contribution in [0, 0.1) is 0 Å². The molecule has 1 saturated heterocycles. The van der Waals surface area contributed by atoms with Gasteiger partial charge in [-0.3, -0.25) is 0 Å². The van der Waals surface area contributed by atoms with E-state index in [9.17, 15) is 4.57 Å². The van der Waals surface area contributed by atoms with Gasteiger partial charge in [-0.05, 0) is 64.0 Å². The normalized spacial score (nSPS) is 18.3. The molecule has 1 aliphatic carbocycles. The highest BCUT2D eigenvalue weighted by molar-refractivity contribution is 7.46. The maximum atomic E-state index is 10.9. The smallest absolute Gasteiger partial charge is 0.465 e. The van der Waals surface area contributed by atoms with Gasteiger partial charge >= 0.3 is 7.82 Å². The Hall–Kier alpha value is -2.05. The number of piperidine rings is 1. The second-order valence-electron chi connectivity index (χ2n) is 9.99. The fourth-order valence-electron chi connectivity index (χ4n) is 4.93. The van der Waals surface area contributed by atoms with E-state index in [4.69, 9.17) is 46.9 Å². The van der Waals surface area contributed by atoms with Crippen molar-refractivity contribution in [2.45, 2.75) is 63.3 Å². The van der Waals surface area contributed by atoms with Gasteiger partial charge in [-0.25, -0.2) is 19.9 Å². The summed E-state index contributed by atoms with van der Waals surface area (Å²) in [7, 11) is -0.478. The van der Waals surface area contributed by atoms with Gasteiger partial charge in [-0.2, -0.15) is 15.0 Å². The van der Waals surface area contributed by atoms with Crippen LogP contribution in [0.15, 0.2) is 18.2 Å². The standard InChI is InChI=1S/C24H37ClN7O5P/c1-30-13-11-18(12-14-30)31(2)23-27-22(17-7-5-3-4-6-8-17)28-24(29-23)32(26)19-9-10-21(20(25)15-19)36-16-37-38(33,34)35/h9-10,15,17-18H,3-8,11-14,16,26H2,1-2H3,(H2,33,34,35). The highest BCUT2D eigenvalue weighted by Crippen LogP contribution is 2.37. The molecule has 1 aromatic heterocycles. The predicted molar refractivity (Wildman–Crippen MR) is 146 cm³/mol. The molecule has 1 saturated carbocycles. The fraction of sp³-hybridized carbons (Fsp3) is 0.625. The highest BCUT2D eigenvalue weighted by atomic mass is 35.5. The van der Waals surface area contributed by atoms with E-state index in [1.165, 1.54) is 17.9 Å². The van der Waals surface area contributed by atoms with Crippen molar-refractivity contribution in [2.75, 3.05) is 43.9 Å². The molecule has 2 aliphatic rings. The number of anilines is 3. The second kappa shape index (κ2) is 12.9. The van der Waals surface area contributed by atoms with Crippen LogP contribution in [-0.4, -0.2) is 69.7 Å². The summed E-state index contributed by atoms with van der Waals surface area (Å²) in [5.74, 6) is 8.66. The first-order valence-corrected chi connectivity index (χ1v) is 14.9. The lowest BCUT2D eigenvalue weighted by Gasteiger charge is -2.35. The van der Waals surface area contributed by atoms with Crippen molar-refractivity contribution >= 4 is 37.0 Å². The number of phosphoric ester groups is 1. The number of ether oxygens (including phenoxy) is 1. The minimum Gasteiger partial charge on any atom is -0.465 e. The number of hydrogen-bond acceptors (Lipinski definition) is 10. The summed E-state index contributed by atoms with van der Waals surface area (Å²) in [6, 6.07) is 5.10. The molecule has 0 atom stereocenters. The van der Waals surface area contributed by atoms with Crippen molar-refractivity contribution in [3.05, 3.63) is 29.0 Å². The molecular formula is C24H37ClN7O5P. The van der Waals surface area contributed by atoms with Crippen LogP contribution in [0.2, 0.25) is 5.02 Å². The Bertz CT molecular complexity index is 1120. The number of rotatable bonds is 9. The molecule has 0 amide bonds. The number of nitrogens with zero attached hydrogens (tertiary/aromatic N) is 6. The van der Waals surface area contributed by atoms with Gasteiger partial charge < -0.3 is 24.3 Å². The van der Waals surface area contributed by atoms with Crippen molar-refractivity contribution in [1.82, 2.24) is 19.9 Å². The fourth-order valence-corrected chi connectivity index (χ4v) is 5.35. The largest absolute Gasteiger partial charge is 0.472 e. The maximum Gasteiger partial charge on any atom is 0.472 e. The average molecular weight is 570 g/mol. The van der Waals surface area contributed by atoms with E-state index in [-0.39, 0.29) is 16.7 Å². The van der Waals surface area contributed by atoms with E-state index in [0.717, 1.165) is 57.4 Å². The number of benzene rings is 1. The Labute approximate surface area is 228 Å². The molecule has 0 bridgehead atoms. The maximum absolute atomic E-state index is 10.9. The molecule has 2 heterocycles. The lowest BCUT2D eigenvalue weighted by Crippen LogP contribution is -2.43. The van der Waals surface area contributed by atoms with Crippen LogP contribution in [0.4, 0.5) is 17.6 Å². The third-order valence-electron chi connectivity index (χ3n) is 7.25. The molecule has 0 radical (unpaired) electrons. The number of likely N-dealkylation sites (tertiary alicyclic amines) is 1. The van der Waals surface area contributed by atoms with Gasteiger partial charge in [-0.1, -0.05) is 37.3 Å². The molecule has 1 aliphatic heterocycles. The number of hydrazine groups is 1. The molecular weight excluding hydrogens is 533 g/mol. The van der Waals surface area contributed by atoms with Gasteiger partial charge in [0.05, 0.1) is 10.7 Å². The SMILES string of the molecule is CN1CCC(N(C)c2nc(C3CCCCCC3)nc(N(N)c3ccc(OCOP(=O)(O)O)c(Cl)c3)n2)CC1. The zero-order chi connectivity index (χ0) is 27.3. The summed E-state index contributed by atoms with van der Waals surface area (Å²) in [5, 5.41) is 1.56. The quantitative estimate of drug-likeness (QED) is 0.132. The summed E-state index contributed by atoms with van der Waals surface area (Å²) >= 11 is 6.35. The summed E-state index contributed by atoms with van der Waals surface area (Å²) in [4.78, 5) is 36.6. The zero-order valence-corrected chi connectivity index (χ0v) is 23.5. The third-order valence-corrected chi connectivity index (χ3v) is 7.98. The monoisotopic (exact) mass is 569 g/mol. The Balaban J connectivity index is 1.60. The van der Waals surface area contributed by atoms with E-state index in [0.29, 0.717) is 23.6 Å². The summed E-state index contributed by atoms with van der Waals surface area (Å²) < 4.78 is 20.4. The molecule has 38 heavy (non-hydrogen) atoms. The van der Waals surface area contributed by atoms with Gasteiger partial charge in [-0.15, -0.1) is 0 Å². The van der Waals surface area contributed by atoms with Gasteiger partial charge in [0.15, 0.2) is 6.79 Å². The molecule has 210 valence electrons. The van der Waals surface area contributed by atoms with Crippen molar-refractivity contribution in [1.29, 1.82) is 0 Å². The van der Waals surface area contributed by atoms with E-state index in [2.05, 4.69) is 21.4 Å². The number of hydrogen-bond donors (Lipinski definition) is 3. The predicted octanol–water partition coefficient (Wildman–Crippen LogP) is 3.95. The van der Waals surface area contributed by atoms with Crippen LogP contribution in [0.5, 0.6) is 5.75 Å². The number of nitrogens with two attached hydrogens (primary N) is 1. The van der Waals surface area contributed by atoms with Crippen LogP contribution < -0.4 is 20.5 Å². The van der Waals surface area contributed by atoms with Crippen LogP contribution in [0.1, 0.15) is 63.1 Å². The van der Waals surface area contributed by atoms with E-state index < -0.39 is 14.6 Å². The van der Waals surface area contributed by atoms with Crippen molar-refractivity contribution in [3.8, 4) is 5.75 Å². The molecule has 0 spiro atoms. The Morgan fingerprint density at radius 3 is 2.37 bits per heavy atom. The molecule has 1 aromatic carbocycles. The van der Waals surface area contributed by atoms with Crippen LogP contribution in [-0.2, 0) is 9.09 Å². The second-order valence-corrected chi connectivity index (χ2v) is 11.6. The Kier molecular flexibility index (Phi) is 9.80. The summed E-state index contributed by atoms with van der Waals surface area (Å²) in [5.41, 5.74) is 0.518. The molecule has 4 rings (SSSR count). The number of halogens is 1. The van der Waals surface area contributed by atoms with Gasteiger partial charge in [0.25, 0.3) is 0 Å². The van der Waals surface area contributed by atoms with Gasteiger partial charge in [0.2, 0.25) is 11.9 Å². The van der Waals surface area contributed by atoms with E-state index in [1.54, 1.807) is 18.2 Å². The highest BCUT2D eigenvalue weighted by Gasteiger charge is 2.26. The van der Waals surface area contributed by atoms with Crippen LogP contribution in [0.25, 0.3) is 0 Å². The first-order chi connectivity index (χ1) is 18.1. The Morgan fingerprint density at radius 2 is 1.74 bits per heavy atom. The summed E-state index contributed by atoms with van der Waals surface area (Å²) in [6.45, 7) is 1.40. The van der Waals surface area contributed by atoms with E-state index in [1.807, 2.05) is 7.05 Å². The van der Waals surface area contributed by atoms with Crippen LogP contribution >= 0.6 is 19.4 Å². The molecule has 2 aromatic rings. The number of phosphoric acid groups is 1. The lowest BCUT2D eigenvalue weighted by molar-refractivity contribution is 0.0830. The number of aromatic nitrogens is 3. The molecule has 0 unspecified atom stereocenters. The van der Waals surface area contributed by atoms with E-state index >= 15 is 0 Å². The Morgan fingerprint density at radius 1 is 1.08 bits per heavy atom. The summed E-state index contributed by atoms with van der Waals surface area (Å²) in [6.07, 6.45) is 8.91. The van der Waals surface area contributed by atoms with Crippen molar-refractivity contribution < 1.29 is 23.6 Å². The molecule has 12 nitrogen and oxygen atoms in total. The van der Waals surface area contributed by atoms with Gasteiger partial charge in [0.1, 0.15) is 11.6 Å². The zero-order valence-electron chi connectivity index (χ0n) is 21.9. The van der Waals surface area contributed by atoms with Gasteiger partial charge in [0, 0.05) is 19.0 Å². The average Bonchev–Trinajstić information content (AvgIpc) is 3.18. The topological polar surface area (TPSA) is 150 Å². The first kappa shape index (κ1) is 28.9. The molecule has 2 fully saturated rings. The van der Waals surface area contributed by atoms with Crippen molar-refractivity contribution in [3.63, 3.8) is 0 Å². The minimum absolute atomic E-state index is 0.189.